The minimum absolute atomic E-state index is 0.0276. The molecule has 1 atom stereocenters. The number of amides is 1. The molecular weight excluding hydrogens is 424 g/mol. The molecule has 2 aliphatic rings. The van der Waals surface area contributed by atoms with Gasteiger partial charge in [0.25, 0.3) is 0 Å². The van der Waals surface area contributed by atoms with E-state index >= 15 is 0 Å². The summed E-state index contributed by atoms with van der Waals surface area (Å²) in [6.45, 7) is 8.24. The summed E-state index contributed by atoms with van der Waals surface area (Å²) in [5, 5.41) is 7.55. The lowest BCUT2D eigenvalue weighted by Gasteiger charge is -2.31. The van der Waals surface area contributed by atoms with Crippen LogP contribution in [0.1, 0.15) is 48.7 Å². The van der Waals surface area contributed by atoms with Crippen molar-refractivity contribution >= 4 is 15.9 Å². The van der Waals surface area contributed by atoms with Crippen LogP contribution in [-0.4, -0.2) is 48.0 Å². The zero-order valence-electron chi connectivity index (χ0n) is 19.3. The first kappa shape index (κ1) is 23.0. The molecule has 7 nitrogen and oxygen atoms in total. The Hall–Kier alpha value is -2.19. The highest BCUT2D eigenvalue weighted by molar-refractivity contribution is 7.89. The second-order valence-electron chi connectivity index (χ2n) is 9.42. The molecule has 1 unspecified atom stereocenters. The molecule has 1 aliphatic heterocycles. The summed E-state index contributed by atoms with van der Waals surface area (Å²) in [4.78, 5) is 13.1. The number of sulfonamides is 1. The van der Waals surface area contributed by atoms with Crippen LogP contribution in [0.5, 0.6) is 0 Å². The zero-order valence-corrected chi connectivity index (χ0v) is 20.1. The Balaban J connectivity index is 1.27. The van der Waals surface area contributed by atoms with E-state index in [2.05, 4.69) is 23.4 Å². The van der Waals surface area contributed by atoms with Crippen molar-refractivity contribution in [2.24, 2.45) is 11.8 Å². The lowest BCUT2D eigenvalue weighted by molar-refractivity contribution is -0.126. The van der Waals surface area contributed by atoms with Crippen LogP contribution in [0.25, 0.3) is 0 Å². The molecule has 1 N–H and O–H groups in total. The molecule has 1 aromatic heterocycles. The van der Waals surface area contributed by atoms with Crippen molar-refractivity contribution in [2.45, 2.75) is 64.3 Å². The maximum Gasteiger partial charge on any atom is 0.243 e. The molecule has 0 spiro atoms. The predicted octanol–water partition coefficient (Wildman–Crippen LogP) is 2.84. The van der Waals surface area contributed by atoms with Gasteiger partial charge in [-0.2, -0.15) is 9.40 Å². The predicted molar refractivity (Wildman–Crippen MR) is 124 cm³/mol. The molecule has 1 saturated heterocycles. The van der Waals surface area contributed by atoms with Crippen LogP contribution in [-0.2, 0) is 34.2 Å². The summed E-state index contributed by atoms with van der Waals surface area (Å²) < 4.78 is 29.7. The smallest absolute Gasteiger partial charge is 0.243 e. The van der Waals surface area contributed by atoms with Gasteiger partial charge in [-0.1, -0.05) is 13.0 Å². The Kier molecular flexibility index (Phi) is 6.72. The number of nitrogens with zero attached hydrogens (tertiary/aromatic N) is 3. The standard InChI is InChI=1S/C24H34N4O3S/c1-17(16-28-19(3)13-18(2)26-28)15-25-24(29)21-9-11-27(12-10-21)32(30,31)23-8-7-20-5-4-6-22(20)14-23/h7-8,13-14,17,21H,4-6,9-12,15-16H2,1-3H3,(H,25,29). The Morgan fingerprint density at radius 3 is 2.56 bits per heavy atom. The summed E-state index contributed by atoms with van der Waals surface area (Å²) >= 11 is 0. The third-order valence-electron chi connectivity index (χ3n) is 6.75. The average Bonchev–Trinajstić information content (AvgIpc) is 3.37. The van der Waals surface area contributed by atoms with E-state index < -0.39 is 10.0 Å². The molecule has 174 valence electrons. The monoisotopic (exact) mass is 458 g/mol. The second-order valence-corrected chi connectivity index (χ2v) is 11.4. The van der Waals surface area contributed by atoms with Crippen molar-refractivity contribution in [2.75, 3.05) is 19.6 Å². The number of fused-ring (bicyclic) bond motifs is 1. The summed E-state index contributed by atoms with van der Waals surface area (Å²) in [5.41, 5.74) is 4.55. The maximum atomic E-state index is 13.1. The van der Waals surface area contributed by atoms with Gasteiger partial charge in [0, 0.05) is 37.8 Å². The molecule has 32 heavy (non-hydrogen) atoms. The van der Waals surface area contributed by atoms with E-state index in [0.717, 1.165) is 42.8 Å². The van der Waals surface area contributed by atoms with E-state index in [1.807, 2.05) is 30.7 Å². The van der Waals surface area contributed by atoms with E-state index in [1.165, 1.54) is 5.56 Å². The van der Waals surface area contributed by atoms with Crippen LogP contribution in [0, 0.1) is 25.7 Å². The lowest BCUT2D eigenvalue weighted by Crippen LogP contribution is -2.43. The first-order valence-corrected chi connectivity index (χ1v) is 13.1. The van der Waals surface area contributed by atoms with Crippen LogP contribution in [0.4, 0.5) is 0 Å². The topological polar surface area (TPSA) is 84.3 Å². The van der Waals surface area contributed by atoms with Crippen LogP contribution >= 0.6 is 0 Å². The quantitative estimate of drug-likeness (QED) is 0.692. The van der Waals surface area contributed by atoms with E-state index in [4.69, 9.17) is 0 Å². The van der Waals surface area contributed by atoms with Crippen LogP contribution < -0.4 is 5.32 Å². The van der Waals surface area contributed by atoms with Crippen molar-refractivity contribution in [1.29, 1.82) is 0 Å². The van der Waals surface area contributed by atoms with Gasteiger partial charge in [-0.05, 0) is 81.2 Å². The molecule has 4 rings (SSSR count). The normalized spacial score (nSPS) is 18.5. The van der Waals surface area contributed by atoms with Crippen molar-refractivity contribution < 1.29 is 13.2 Å². The Bertz CT molecular complexity index is 1080. The molecule has 1 fully saturated rings. The van der Waals surface area contributed by atoms with Crippen LogP contribution in [0.15, 0.2) is 29.2 Å². The molecule has 1 amide bonds. The molecule has 0 bridgehead atoms. The Morgan fingerprint density at radius 2 is 1.88 bits per heavy atom. The highest BCUT2D eigenvalue weighted by Crippen LogP contribution is 2.28. The van der Waals surface area contributed by atoms with Crippen molar-refractivity contribution in [3.8, 4) is 0 Å². The number of hydrogen-bond donors (Lipinski definition) is 1. The number of carbonyl (C=O) groups excluding carboxylic acids is 1. The number of hydrogen-bond acceptors (Lipinski definition) is 4. The van der Waals surface area contributed by atoms with Gasteiger partial charge in [-0.3, -0.25) is 9.48 Å². The fourth-order valence-corrected chi connectivity index (χ4v) is 6.38. The first-order chi connectivity index (χ1) is 15.2. The highest BCUT2D eigenvalue weighted by Gasteiger charge is 2.32. The highest BCUT2D eigenvalue weighted by atomic mass is 32.2. The summed E-state index contributed by atoms with van der Waals surface area (Å²) in [6.07, 6.45) is 4.21. The molecular formula is C24H34N4O3S. The number of piperidine rings is 1. The number of rotatable bonds is 7. The van der Waals surface area contributed by atoms with Gasteiger partial charge in [0.1, 0.15) is 0 Å². The second kappa shape index (κ2) is 9.35. The van der Waals surface area contributed by atoms with Gasteiger partial charge < -0.3 is 5.32 Å². The molecule has 0 radical (unpaired) electrons. The molecule has 2 heterocycles. The summed E-state index contributed by atoms with van der Waals surface area (Å²) in [6, 6.07) is 7.60. The molecule has 2 aromatic rings. The number of benzene rings is 1. The summed E-state index contributed by atoms with van der Waals surface area (Å²) in [7, 11) is -3.50. The van der Waals surface area contributed by atoms with E-state index in [9.17, 15) is 13.2 Å². The minimum Gasteiger partial charge on any atom is -0.356 e. The number of nitrogens with one attached hydrogen (secondary N) is 1. The van der Waals surface area contributed by atoms with Gasteiger partial charge in [-0.25, -0.2) is 8.42 Å². The number of carbonyl (C=O) groups is 1. The minimum atomic E-state index is -3.50. The van der Waals surface area contributed by atoms with Gasteiger partial charge in [0.15, 0.2) is 0 Å². The van der Waals surface area contributed by atoms with Crippen LogP contribution in [0.3, 0.4) is 0 Å². The summed E-state index contributed by atoms with van der Waals surface area (Å²) in [5.74, 6) is 0.152. The molecule has 1 aliphatic carbocycles. The lowest BCUT2D eigenvalue weighted by atomic mass is 9.97. The first-order valence-electron chi connectivity index (χ1n) is 11.6. The van der Waals surface area contributed by atoms with Gasteiger partial charge in [0.2, 0.25) is 15.9 Å². The van der Waals surface area contributed by atoms with Crippen molar-refractivity contribution in [1.82, 2.24) is 19.4 Å². The number of aromatic nitrogens is 2. The fraction of sp³-hybridized carbons (Fsp3) is 0.583. The third-order valence-corrected chi connectivity index (χ3v) is 8.64. The fourth-order valence-electron chi connectivity index (χ4n) is 4.85. The Labute approximate surface area is 191 Å². The molecule has 0 saturated carbocycles. The van der Waals surface area contributed by atoms with E-state index in [-0.39, 0.29) is 17.7 Å². The largest absolute Gasteiger partial charge is 0.356 e. The Morgan fingerprint density at radius 1 is 1.16 bits per heavy atom. The third kappa shape index (κ3) is 4.91. The van der Waals surface area contributed by atoms with Crippen molar-refractivity contribution in [3.05, 3.63) is 46.8 Å². The van der Waals surface area contributed by atoms with Gasteiger partial charge in [-0.15, -0.1) is 0 Å². The van der Waals surface area contributed by atoms with Crippen LogP contribution in [0.2, 0.25) is 0 Å². The van der Waals surface area contributed by atoms with E-state index in [1.54, 1.807) is 10.4 Å². The van der Waals surface area contributed by atoms with Gasteiger partial charge in [0.05, 0.1) is 10.6 Å². The van der Waals surface area contributed by atoms with Crippen molar-refractivity contribution in [3.63, 3.8) is 0 Å². The molecule has 8 heteroatoms. The average molecular weight is 459 g/mol. The zero-order chi connectivity index (χ0) is 22.9. The maximum absolute atomic E-state index is 13.1. The van der Waals surface area contributed by atoms with Gasteiger partial charge >= 0.3 is 0 Å². The molecule has 1 aromatic carbocycles. The van der Waals surface area contributed by atoms with E-state index in [0.29, 0.717) is 37.4 Å². The number of aryl methyl sites for hydroxylation is 4. The SMILES string of the molecule is Cc1cc(C)n(CC(C)CNC(=O)C2CCN(S(=O)(=O)c3ccc4c(c3)CCC4)CC2)n1.